The third kappa shape index (κ3) is 4.79. The molecule has 23 heavy (non-hydrogen) atoms. The summed E-state index contributed by atoms with van der Waals surface area (Å²) < 4.78 is 28.5. The van der Waals surface area contributed by atoms with Gasteiger partial charge in [-0.05, 0) is 37.9 Å². The van der Waals surface area contributed by atoms with E-state index in [0.717, 1.165) is 19.6 Å². The van der Waals surface area contributed by atoms with E-state index in [1.165, 1.54) is 43.1 Å². The smallest absolute Gasteiger partial charge is 0.352 e. The van der Waals surface area contributed by atoms with Crippen LogP contribution in [0.2, 0.25) is 0 Å². The summed E-state index contributed by atoms with van der Waals surface area (Å²) in [6.45, 7) is 5.40. The first kappa shape index (κ1) is 18.0. The van der Waals surface area contributed by atoms with Crippen LogP contribution in [-0.4, -0.2) is 55.1 Å². The number of sulfonamides is 1. The van der Waals surface area contributed by atoms with Gasteiger partial charge in [0.15, 0.2) is 0 Å². The number of likely N-dealkylation sites (tertiary alicyclic amines) is 1. The zero-order valence-electron chi connectivity index (χ0n) is 13.7. The molecule has 1 aromatic rings. The maximum atomic E-state index is 12.3. The predicted molar refractivity (Wildman–Crippen MR) is 87.0 cm³/mol. The van der Waals surface area contributed by atoms with E-state index in [-0.39, 0.29) is 16.5 Å². The molecule has 1 fully saturated rings. The standard InChI is InChI=1S/C15H25N3O4S/c1-12(10-18-6-4-3-5-7-18)9-16-23(21,22)13-8-14(15(19)20)17(2)11-13/h8,11-12,16H,3-7,9-10H2,1-2H3,(H,19,20)/t12-/m1/s1. The van der Waals surface area contributed by atoms with Gasteiger partial charge in [0.1, 0.15) is 10.6 Å². The highest BCUT2D eigenvalue weighted by Crippen LogP contribution is 2.14. The second kappa shape index (κ2) is 7.46. The summed E-state index contributed by atoms with van der Waals surface area (Å²) in [6.07, 6.45) is 5.01. The Morgan fingerprint density at radius 1 is 1.35 bits per heavy atom. The average Bonchev–Trinajstić information content (AvgIpc) is 2.89. The van der Waals surface area contributed by atoms with Gasteiger partial charge in [0, 0.05) is 26.3 Å². The van der Waals surface area contributed by atoms with Crippen molar-refractivity contribution in [1.82, 2.24) is 14.2 Å². The van der Waals surface area contributed by atoms with Crippen LogP contribution in [0.3, 0.4) is 0 Å². The molecule has 0 radical (unpaired) electrons. The molecule has 0 spiro atoms. The highest BCUT2D eigenvalue weighted by molar-refractivity contribution is 7.89. The van der Waals surface area contributed by atoms with Crippen LogP contribution in [0.5, 0.6) is 0 Å². The second-order valence-corrected chi connectivity index (χ2v) is 8.06. The number of piperidine rings is 1. The number of carboxylic acid groups (broad SMARTS) is 1. The molecule has 1 aromatic heterocycles. The lowest BCUT2D eigenvalue weighted by Crippen LogP contribution is -2.38. The summed E-state index contributed by atoms with van der Waals surface area (Å²) >= 11 is 0. The fourth-order valence-electron chi connectivity index (χ4n) is 2.88. The van der Waals surface area contributed by atoms with Crippen LogP contribution < -0.4 is 4.72 Å². The van der Waals surface area contributed by atoms with Gasteiger partial charge in [0.25, 0.3) is 0 Å². The number of aryl methyl sites for hydroxylation is 1. The van der Waals surface area contributed by atoms with Crippen LogP contribution in [-0.2, 0) is 17.1 Å². The maximum Gasteiger partial charge on any atom is 0.352 e. The molecule has 1 aliphatic rings. The summed E-state index contributed by atoms with van der Waals surface area (Å²) in [7, 11) is -2.17. The largest absolute Gasteiger partial charge is 0.477 e. The Hall–Kier alpha value is -1.38. The molecule has 2 rings (SSSR count). The van der Waals surface area contributed by atoms with Crippen molar-refractivity contribution in [2.75, 3.05) is 26.2 Å². The summed E-state index contributed by atoms with van der Waals surface area (Å²) in [5.74, 6) is -0.946. The van der Waals surface area contributed by atoms with Crippen molar-refractivity contribution in [3.63, 3.8) is 0 Å². The quantitative estimate of drug-likeness (QED) is 0.774. The topological polar surface area (TPSA) is 91.6 Å². The Labute approximate surface area is 137 Å². The zero-order chi connectivity index (χ0) is 17.0. The molecular formula is C15H25N3O4S. The molecule has 0 amide bonds. The summed E-state index contributed by atoms with van der Waals surface area (Å²) in [6, 6.07) is 1.18. The number of aromatic nitrogens is 1. The molecule has 0 saturated carbocycles. The number of nitrogens with one attached hydrogen (secondary N) is 1. The Balaban J connectivity index is 1.92. The van der Waals surface area contributed by atoms with E-state index in [0.29, 0.717) is 6.54 Å². The zero-order valence-corrected chi connectivity index (χ0v) is 14.5. The van der Waals surface area contributed by atoms with Crippen molar-refractivity contribution in [2.45, 2.75) is 31.1 Å². The fourth-order valence-corrected chi connectivity index (χ4v) is 4.11. The van der Waals surface area contributed by atoms with Gasteiger partial charge >= 0.3 is 5.97 Å². The van der Waals surface area contributed by atoms with Gasteiger partial charge < -0.3 is 14.6 Å². The summed E-state index contributed by atoms with van der Waals surface area (Å²) in [5.41, 5.74) is -0.0493. The van der Waals surface area contributed by atoms with Gasteiger partial charge in [0.05, 0.1) is 0 Å². The third-order valence-corrected chi connectivity index (χ3v) is 5.54. The first-order chi connectivity index (χ1) is 10.8. The molecule has 130 valence electrons. The number of hydrogen-bond acceptors (Lipinski definition) is 4. The SMILES string of the molecule is C[C@H](CNS(=O)(=O)c1cc(C(=O)O)n(C)c1)CN1CCCCC1. The molecule has 0 unspecified atom stereocenters. The van der Waals surface area contributed by atoms with E-state index < -0.39 is 16.0 Å². The van der Waals surface area contributed by atoms with Gasteiger partial charge in [0.2, 0.25) is 10.0 Å². The van der Waals surface area contributed by atoms with E-state index in [9.17, 15) is 13.2 Å². The molecule has 2 heterocycles. The molecule has 1 aliphatic heterocycles. The minimum atomic E-state index is -3.68. The highest BCUT2D eigenvalue weighted by atomic mass is 32.2. The molecular weight excluding hydrogens is 318 g/mol. The van der Waals surface area contributed by atoms with Crippen LogP contribution in [0.1, 0.15) is 36.7 Å². The van der Waals surface area contributed by atoms with Crippen LogP contribution in [0, 0.1) is 5.92 Å². The Morgan fingerprint density at radius 3 is 2.57 bits per heavy atom. The number of aromatic carboxylic acids is 1. The average molecular weight is 343 g/mol. The molecule has 0 bridgehead atoms. The van der Waals surface area contributed by atoms with E-state index in [4.69, 9.17) is 5.11 Å². The van der Waals surface area contributed by atoms with Gasteiger partial charge in [-0.3, -0.25) is 0 Å². The number of rotatable bonds is 7. The number of carbonyl (C=O) groups is 1. The predicted octanol–water partition coefficient (Wildman–Crippen LogP) is 1.12. The van der Waals surface area contributed by atoms with Gasteiger partial charge in [-0.1, -0.05) is 13.3 Å². The minimum Gasteiger partial charge on any atom is -0.477 e. The highest BCUT2D eigenvalue weighted by Gasteiger charge is 2.21. The van der Waals surface area contributed by atoms with Gasteiger partial charge in [-0.25, -0.2) is 17.9 Å². The number of nitrogens with zero attached hydrogens (tertiary/aromatic N) is 2. The van der Waals surface area contributed by atoms with Crippen molar-refractivity contribution < 1.29 is 18.3 Å². The Morgan fingerprint density at radius 2 is 2.00 bits per heavy atom. The molecule has 8 heteroatoms. The van der Waals surface area contributed by atoms with E-state index in [1.54, 1.807) is 0 Å². The van der Waals surface area contributed by atoms with Crippen molar-refractivity contribution >= 4 is 16.0 Å². The molecule has 1 atom stereocenters. The van der Waals surface area contributed by atoms with Crippen molar-refractivity contribution in [1.29, 1.82) is 0 Å². The molecule has 0 aromatic carbocycles. The Bertz CT molecular complexity index is 648. The number of carboxylic acids is 1. The fraction of sp³-hybridized carbons (Fsp3) is 0.667. The van der Waals surface area contributed by atoms with Crippen LogP contribution in [0.4, 0.5) is 0 Å². The van der Waals surface area contributed by atoms with Crippen LogP contribution >= 0.6 is 0 Å². The molecule has 1 saturated heterocycles. The Kier molecular flexibility index (Phi) is 5.83. The van der Waals surface area contributed by atoms with E-state index >= 15 is 0 Å². The lowest BCUT2D eigenvalue weighted by molar-refractivity contribution is 0.0686. The van der Waals surface area contributed by atoms with Crippen LogP contribution in [0.15, 0.2) is 17.2 Å². The van der Waals surface area contributed by atoms with Gasteiger partial charge in [-0.15, -0.1) is 0 Å². The summed E-state index contributed by atoms with van der Waals surface area (Å²) in [5, 5.41) is 9.00. The minimum absolute atomic E-state index is 0.0115. The van der Waals surface area contributed by atoms with Crippen molar-refractivity contribution in [3.8, 4) is 0 Å². The number of hydrogen-bond donors (Lipinski definition) is 2. The molecule has 2 N–H and O–H groups in total. The first-order valence-electron chi connectivity index (χ1n) is 7.91. The lowest BCUT2D eigenvalue weighted by atomic mass is 10.1. The first-order valence-corrected chi connectivity index (χ1v) is 9.39. The van der Waals surface area contributed by atoms with E-state index in [1.807, 2.05) is 6.92 Å². The van der Waals surface area contributed by atoms with Gasteiger partial charge in [-0.2, -0.15) is 0 Å². The normalized spacial score (nSPS) is 18.0. The second-order valence-electron chi connectivity index (χ2n) is 6.30. The maximum absolute atomic E-state index is 12.3. The molecule has 7 nitrogen and oxygen atoms in total. The van der Waals surface area contributed by atoms with Crippen molar-refractivity contribution in [2.24, 2.45) is 13.0 Å². The third-order valence-electron chi connectivity index (χ3n) is 4.15. The molecule has 0 aliphatic carbocycles. The summed E-state index contributed by atoms with van der Waals surface area (Å²) in [4.78, 5) is 13.4. The van der Waals surface area contributed by atoms with Crippen molar-refractivity contribution in [3.05, 3.63) is 18.0 Å². The monoisotopic (exact) mass is 343 g/mol. The van der Waals surface area contributed by atoms with E-state index in [2.05, 4.69) is 9.62 Å². The van der Waals surface area contributed by atoms with Crippen LogP contribution in [0.25, 0.3) is 0 Å². The lowest BCUT2D eigenvalue weighted by Gasteiger charge is -2.29.